The van der Waals surface area contributed by atoms with Crippen LogP contribution >= 0.6 is 11.6 Å². The molecule has 0 unspecified atom stereocenters. The van der Waals surface area contributed by atoms with E-state index in [1.165, 1.54) is 11.4 Å². The smallest absolute Gasteiger partial charge is 0.343 e. The van der Waals surface area contributed by atoms with Crippen molar-refractivity contribution in [1.29, 1.82) is 0 Å². The summed E-state index contributed by atoms with van der Waals surface area (Å²) in [6, 6.07) is -4.68. The number of nitrogens with zero attached hydrogens (tertiary/aromatic N) is 4. The molecule has 2 atom stereocenters. The Balaban J connectivity index is 2.64. The Morgan fingerprint density at radius 3 is 2.26 bits per heavy atom. The van der Waals surface area contributed by atoms with E-state index < -0.39 is 60.7 Å². The zero-order valence-electron chi connectivity index (χ0n) is 18.2. The number of nitrogens with one attached hydrogen (secondary N) is 2. The van der Waals surface area contributed by atoms with Gasteiger partial charge in [0.1, 0.15) is 22.9 Å². The first kappa shape index (κ1) is 14.7. The van der Waals surface area contributed by atoms with Crippen LogP contribution in [0.5, 0.6) is 0 Å². The highest BCUT2D eigenvalue weighted by Gasteiger charge is 2.38. The van der Waals surface area contributed by atoms with Crippen LogP contribution in [0.3, 0.4) is 0 Å². The predicted octanol–water partition coefficient (Wildman–Crippen LogP) is 4.31. The Kier molecular flexibility index (Phi) is 4.18. The molecule has 0 radical (unpaired) electrons. The third-order valence-corrected chi connectivity index (χ3v) is 3.04. The lowest BCUT2D eigenvalue weighted by Gasteiger charge is -2.20. The number of aromatic nitrogens is 4. The van der Waals surface area contributed by atoms with Gasteiger partial charge >= 0.3 is 12.4 Å². The van der Waals surface area contributed by atoms with Gasteiger partial charge in [0.15, 0.2) is 5.82 Å². The van der Waals surface area contributed by atoms with Gasteiger partial charge in [-0.2, -0.15) is 41.3 Å². The van der Waals surface area contributed by atoms with Crippen LogP contribution in [0.25, 0.3) is 11.5 Å². The monoisotopic (exact) mass is 419 g/mol. The second kappa shape index (κ2) is 7.71. The van der Waals surface area contributed by atoms with Crippen LogP contribution in [0.1, 0.15) is 20.6 Å². The maximum absolute atomic E-state index is 13.2. The van der Waals surface area contributed by atoms with Gasteiger partial charge in [0.25, 0.3) is 0 Å². The van der Waals surface area contributed by atoms with Crippen molar-refractivity contribution >= 4 is 23.5 Å². The van der Waals surface area contributed by atoms with Crippen LogP contribution in [-0.2, 0) is 0 Å². The predicted molar refractivity (Wildman–Crippen MR) is 86.3 cm³/mol. The van der Waals surface area contributed by atoms with Gasteiger partial charge in [0.05, 0.1) is 2.74 Å². The third kappa shape index (κ3) is 5.81. The van der Waals surface area contributed by atoms with Gasteiger partial charge in [-0.25, -0.2) is 4.98 Å². The minimum atomic E-state index is -5.32. The summed E-state index contributed by atoms with van der Waals surface area (Å²) in [5.74, 6) is -2.81. The van der Waals surface area contributed by atoms with E-state index in [0.717, 1.165) is 6.07 Å². The number of pyridine rings is 1. The van der Waals surface area contributed by atoms with Crippen LogP contribution in [0, 0.1) is 0 Å². The van der Waals surface area contributed by atoms with Gasteiger partial charge in [-0.15, -0.1) is 0 Å². The molecule has 0 aliphatic heterocycles. The number of hydrogen-bond donors (Lipinski definition) is 2. The van der Waals surface area contributed by atoms with Crippen molar-refractivity contribution in [3.8, 4) is 11.5 Å². The standard InChI is InChI=1S/C14H13ClF6N6/c1-6(13(16,17)18)22-11-25-10(8-4-3-5-9(15)24-8)26-12(27-11)23-7(2)14(19,20)21/h3-7H,1-2H3,(H2,22,23,25,26,27)/t6-,7-/m1/s1/i1D3,4D,7D. The summed E-state index contributed by atoms with van der Waals surface area (Å²) in [5.41, 5.74) is -0.442. The summed E-state index contributed by atoms with van der Waals surface area (Å²) in [6.07, 6.45) is -10.5. The summed E-state index contributed by atoms with van der Waals surface area (Å²) in [4.78, 5) is 14.2. The zero-order chi connectivity index (χ0) is 24.7. The molecule has 0 fully saturated rings. The van der Waals surface area contributed by atoms with Gasteiger partial charge in [-0.3, -0.25) is 0 Å². The molecule has 2 heterocycles. The molecule has 2 aromatic heterocycles. The number of alkyl halides is 6. The minimum absolute atomic E-state index is 0.197. The Morgan fingerprint density at radius 2 is 1.70 bits per heavy atom. The molecule has 0 saturated carbocycles. The van der Waals surface area contributed by atoms with Crippen molar-refractivity contribution in [2.24, 2.45) is 0 Å². The van der Waals surface area contributed by atoms with E-state index in [2.05, 4.69) is 19.9 Å². The van der Waals surface area contributed by atoms with E-state index in [1.54, 1.807) is 5.32 Å². The van der Waals surface area contributed by atoms with Crippen molar-refractivity contribution < 1.29 is 33.2 Å². The Labute approximate surface area is 161 Å². The van der Waals surface area contributed by atoms with Crippen molar-refractivity contribution in [3.63, 3.8) is 0 Å². The quantitative estimate of drug-likeness (QED) is 0.555. The lowest BCUT2D eigenvalue weighted by atomic mass is 10.3. The summed E-state index contributed by atoms with van der Waals surface area (Å²) < 4.78 is 115. The molecular formula is C14H13ClF6N6. The third-order valence-electron chi connectivity index (χ3n) is 2.83. The maximum Gasteiger partial charge on any atom is 0.408 e. The highest BCUT2D eigenvalue weighted by atomic mass is 35.5. The molecule has 0 aliphatic carbocycles. The molecular weight excluding hydrogens is 402 g/mol. The zero-order valence-corrected chi connectivity index (χ0v) is 13.9. The fourth-order valence-electron chi connectivity index (χ4n) is 1.53. The average molecular weight is 420 g/mol. The second-order valence-corrected chi connectivity index (χ2v) is 5.32. The second-order valence-electron chi connectivity index (χ2n) is 4.93. The Bertz CT molecular complexity index is 970. The highest BCUT2D eigenvalue weighted by Crippen LogP contribution is 2.26. The molecule has 13 heteroatoms. The molecule has 2 N–H and O–H groups in total. The molecule has 0 bridgehead atoms. The van der Waals surface area contributed by atoms with Gasteiger partial charge < -0.3 is 10.6 Å². The molecule has 2 aromatic rings. The lowest BCUT2D eigenvalue weighted by molar-refractivity contribution is -0.139. The number of anilines is 2. The molecule has 0 aromatic carbocycles. The summed E-state index contributed by atoms with van der Waals surface area (Å²) in [5, 5.41) is 2.91. The van der Waals surface area contributed by atoms with E-state index >= 15 is 0 Å². The number of hydrogen-bond acceptors (Lipinski definition) is 6. The Morgan fingerprint density at radius 1 is 1.07 bits per heavy atom. The minimum Gasteiger partial charge on any atom is -0.343 e. The fraction of sp³-hybridized carbons (Fsp3) is 0.429. The molecule has 148 valence electrons. The topological polar surface area (TPSA) is 75.6 Å². The molecule has 27 heavy (non-hydrogen) atoms. The van der Waals surface area contributed by atoms with Crippen molar-refractivity contribution in [2.45, 2.75) is 38.2 Å². The van der Waals surface area contributed by atoms with Crippen LogP contribution in [0.4, 0.5) is 38.2 Å². The summed E-state index contributed by atoms with van der Waals surface area (Å²) in [6.45, 7) is -3.25. The van der Waals surface area contributed by atoms with Crippen molar-refractivity contribution in [2.75, 3.05) is 10.6 Å². The molecule has 0 aliphatic rings. The van der Waals surface area contributed by atoms with E-state index in [0.29, 0.717) is 6.92 Å². The first-order valence-electron chi connectivity index (χ1n) is 9.39. The van der Waals surface area contributed by atoms with Crippen LogP contribution in [0.15, 0.2) is 18.2 Å². The van der Waals surface area contributed by atoms with Gasteiger partial charge in [-0.1, -0.05) is 17.7 Å². The normalized spacial score (nSPS) is 18.9. The maximum atomic E-state index is 13.2. The lowest BCUT2D eigenvalue weighted by Crippen LogP contribution is -2.35. The summed E-state index contributed by atoms with van der Waals surface area (Å²) >= 11 is 5.72. The van der Waals surface area contributed by atoms with Gasteiger partial charge in [-0.05, 0) is 25.9 Å². The van der Waals surface area contributed by atoms with Crippen LogP contribution < -0.4 is 10.6 Å². The number of halogens is 7. The molecule has 0 saturated heterocycles. The van der Waals surface area contributed by atoms with Gasteiger partial charge in [0.2, 0.25) is 11.9 Å². The SMILES string of the molecule is [2H]c1ccc(Cl)nc1-c1nc(N[C@H](C([2H])([2H])[2H])C(F)(F)F)nc(N[C@]([2H])(C)C(F)(F)F)n1. The van der Waals surface area contributed by atoms with Crippen LogP contribution in [-0.4, -0.2) is 44.3 Å². The first-order valence-corrected chi connectivity index (χ1v) is 7.27. The molecule has 2 rings (SSSR count). The average Bonchev–Trinajstić information content (AvgIpc) is 2.58. The largest absolute Gasteiger partial charge is 0.408 e. The molecule has 0 spiro atoms. The van der Waals surface area contributed by atoms with Crippen molar-refractivity contribution in [1.82, 2.24) is 19.9 Å². The molecule has 6 nitrogen and oxygen atoms in total. The van der Waals surface area contributed by atoms with E-state index in [9.17, 15) is 26.3 Å². The molecule has 0 amide bonds. The van der Waals surface area contributed by atoms with E-state index in [4.69, 9.17) is 18.5 Å². The Hall–Kier alpha value is -2.37. The first-order chi connectivity index (χ1) is 14.3. The van der Waals surface area contributed by atoms with E-state index in [1.807, 2.05) is 0 Å². The van der Waals surface area contributed by atoms with E-state index in [-0.39, 0.29) is 5.15 Å². The van der Waals surface area contributed by atoms with Crippen molar-refractivity contribution in [3.05, 3.63) is 23.3 Å². The fourth-order valence-corrected chi connectivity index (χ4v) is 1.68. The number of rotatable bonds is 5. The highest BCUT2D eigenvalue weighted by molar-refractivity contribution is 6.29. The van der Waals surface area contributed by atoms with Crippen LogP contribution in [0.2, 0.25) is 5.15 Å². The summed E-state index contributed by atoms with van der Waals surface area (Å²) in [7, 11) is 0. The van der Waals surface area contributed by atoms with Gasteiger partial charge in [0, 0.05) is 4.11 Å².